The molecule has 0 radical (unpaired) electrons. The molecule has 3 heterocycles. The number of hydrogen-bond acceptors (Lipinski definition) is 5. The van der Waals surface area contributed by atoms with Crippen molar-refractivity contribution in [3.63, 3.8) is 0 Å². The predicted octanol–water partition coefficient (Wildman–Crippen LogP) is 0.587. The van der Waals surface area contributed by atoms with Crippen molar-refractivity contribution in [2.75, 3.05) is 12.4 Å². The van der Waals surface area contributed by atoms with Crippen LogP contribution in [0.4, 0.5) is 5.69 Å². The van der Waals surface area contributed by atoms with Crippen LogP contribution >= 0.6 is 0 Å². The highest BCUT2D eigenvalue weighted by atomic mass is 16.5. The van der Waals surface area contributed by atoms with Gasteiger partial charge >= 0.3 is 0 Å². The van der Waals surface area contributed by atoms with E-state index < -0.39 is 29.5 Å². The van der Waals surface area contributed by atoms with E-state index in [1.54, 1.807) is 31.5 Å². The van der Waals surface area contributed by atoms with E-state index in [0.717, 1.165) is 16.7 Å². The number of rotatable bonds is 4. The number of benzene rings is 2. The van der Waals surface area contributed by atoms with Crippen LogP contribution in [0.3, 0.4) is 0 Å². The van der Waals surface area contributed by atoms with Gasteiger partial charge in [0.05, 0.1) is 19.3 Å². The average Bonchev–Trinajstić information content (AvgIpc) is 3.38. The lowest BCUT2D eigenvalue weighted by Crippen LogP contribution is -3.00. The predicted molar refractivity (Wildman–Crippen MR) is 119 cm³/mol. The Kier molecular flexibility index (Phi) is 4.84. The van der Waals surface area contributed by atoms with Crippen LogP contribution in [0.1, 0.15) is 29.2 Å². The first-order valence-corrected chi connectivity index (χ1v) is 11.1. The van der Waals surface area contributed by atoms with Crippen molar-refractivity contribution >= 4 is 23.4 Å². The maximum atomic E-state index is 13.8. The molecule has 3 aliphatic rings. The number of aliphatic hydroxyl groups excluding tert-OH is 1. The molecule has 4 N–H and O–H groups in total. The first-order valence-electron chi connectivity index (χ1n) is 11.1. The van der Waals surface area contributed by atoms with Gasteiger partial charge < -0.3 is 20.5 Å². The molecule has 5 rings (SSSR count). The third kappa shape index (κ3) is 2.87. The number of nitrogens with two attached hydrogens (primary N) is 1. The van der Waals surface area contributed by atoms with Gasteiger partial charge in [-0.25, -0.2) is 0 Å². The Bertz CT molecular complexity index is 1180. The highest BCUT2D eigenvalue weighted by molar-refractivity contribution is 6.14. The quantitative estimate of drug-likeness (QED) is 0.590. The minimum Gasteiger partial charge on any atom is -0.497 e. The first kappa shape index (κ1) is 21.6. The molecule has 0 bridgehead atoms. The molecular formula is C25H28N3O5+. The van der Waals surface area contributed by atoms with E-state index in [1.165, 1.54) is 4.90 Å². The van der Waals surface area contributed by atoms with E-state index in [2.05, 4.69) is 5.32 Å². The molecule has 2 aromatic rings. The number of anilines is 1. The number of hydrogen-bond donors (Lipinski definition) is 3. The minimum atomic E-state index is -1.28. The zero-order valence-corrected chi connectivity index (χ0v) is 19.1. The lowest BCUT2D eigenvalue weighted by Gasteiger charge is -2.27. The molecule has 8 heteroatoms. The molecule has 33 heavy (non-hydrogen) atoms. The summed E-state index contributed by atoms with van der Waals surface area (Å²) in [4.78, 5) is 42.0. The molecule has 2 saturated heterocycles. The molecule has 3 amide bonds. The van der Waals surface area contributed by atoms with Gasteiger partial charge in [-0.15, -0.1) is 0 Å². The number of imide groups is 1. The number of fused-ring (bicyclic) bond motifs is 4. The number of quaternary nitrogens is 1. The van der Waals surface area contributed by atoms with E-state index in [9.17, 15) is 19.5 Å². The summed E-state index contributed by atoms with van der Waals surface area (Å²) in [6, 6.07) is 10.4. The second-order valence-electron chi connectivity index (χ2n) is 9.35. The lowest BCUT2D eigenvalue weighted by molar-refractivity contribution is -0.738. The number of carbonyl (C=O) groups excluding carboxylic acids is 3. The van der Waals surface area contributed by atoms with Crippen molar-refractivity contribution in [1.29, 1.82) is 0 Å². The van der Waals surface area contributed by atoms with Gasteiger partial charge in [-0.1, -0.05) is 18.2 Å². The third-order valence-corrected chi connectivity index (χ3v) is 7.66. The van der Waals surface area contributed by atoms with Crippen LogP contribution in [0, 0.1) is 25.7 Å². The number of aliphatic hydroxyl groups is 1. The second kappa shape index (κ2) is 7.40. The molecule has 5 atom stereocenters. The van der Waals surface area contributed by atoms with Crippen molar-refractivity contribution in [2.24, 2.45) is 11.8 Å². The summed E-state index contributed by atoms with van der Waals surface area (Å²) in [5.41, 5.74) is 2.89. The fourth-order valence-corrected chi connectivity index (χ4v) is 5.77. The van der Waals surface area contributed by atoms with Gasteiger partial charge in [-0.05, 0) is 55.7 Å². The third-order valence-electron chi connectivity index (χ3n) is 7.66. The molecular weight excluding hydrogens is 422 g/mol. The Balaban J connectivity index is 1.59. The van der Waals surface area contributed by atoms with Crippen LogP contribution in [0.5, 0.6) is 5.75 Å². The normalized spacial score (nSPS) is 28.8. The minimum absolute atomic E-state index is 0.110. The highest BCUT2D eigenvalue weighted by Crippen LogP contribution is 2.50. The number of methoxy groups -OCH3 is 1. The largest absolute Gasteiger partial charge is 0.497 e. The topological polar surface area (TPSA) is 113 Å². The summed E-state index contributed by atoms with van der Waals surface area (Å²) < 4.78 is 5.19. The van der Waals surface area contributed by atoms with E-state index >= 15 is 0 Å². The first-order chi connectivity index (χ1) is 15.7. The van der Waals surface area contributed by atoms with Gasteiger partial charge in [-0.3, -0.25) is 19.3 Å². The molecule has 0 aliphatic carbocycles. The maximum Gasteiger partial charge on any atom is 0.291 e. The van der Waals surface area contributed by atoms with Gasteiger partial charge in [0.25, 0.3) is 5.91 Å². The van der Waals surface area contributed by atoms with Gasteiger partial charge in [-0.2, -0.15) is 0 Å². The fourth-order valence-electron chi connectivity index (χ4n) is 5.77. The van der Waals surface area contributed by atoms with E-state index in [4.69, 9.17) is 4.74 Å². The van der Waals surface area contributed by atoms with Crippen molar-refractivity contribution in [3.8, 4) is 5.75 Å². The fraction of sp³-hybridized carbons (Fsp3) is 0.400. The Hall–Kier alpha value is -3.23. The zero-order valence-electron chi connectivity index (χ0n) is 19.1. The Labute approximate surface area is 191 Å². The van der Waals surface area contributed by atoms with Crippen LogP contribution in [0.2, 0.25) is 0 Å². The maximum absolute atomic E-state index is 13.8. The summed E-state index contributed by atoms with van der Waals surface area (Å²) in [6.45, 7) is 5.62. The lowest BCUT2D eigenvalue weighted by atomic mass is 9.76. The summed E-state index contributed by atoms with van der Waals surface area (Å²) >= 11 is 0. The number of nitrogens with one attached hydrogen (secondary N) is 1. The molecule has 0 aromatic heterocycles. The number of amides is 3. The van der Waals surface area contributed by atoms with Crippen molar-refractivity contribution in [3.05, 3.63) is 58.7 Å². The van der Waals surface area contributed by atoms with Crippen LogP contribution in [0.15, 0.2) is 36.4 Å². The van der Waals surface area contributed by atoms with Gasteiger partial charge in [0, 0.05) is 5.56 Å². The summed E-state index contributed by atoms with van der Waals surface area (Å²) in [6.07, 6.45) is -0.877. The van der Waals surface area contributed by atoms with Crippen LogP contribution < -0.4 is 15.4 Å². The van der Waals surface area contributed by atoms with Gasteiger partial charge in [0.1, 0.15) is 29.7 Å². The Morgan fingerprint density at radius 3 is 2.45 bits per heavy atom. The smallest absolute Gasteiger partial charge is 0.291 e. The molecule has 1 spiro atoms. The van der Waals surface area contributed by atoms with Crippen LogP contribution in [-0.2, 0) is 26.5 Å². The van der Waals surface area contributed by atoms with Crippen molar-refractivity contribution in [2.45, 2.75) is 45.0 Å². The standard InChI is InChI=1S/C25H27N3O5/c1-12-5-10-17-20(13(12)2)26-24(32)25(17)19-18(21(27-25)14(3)29)22(30)28(23(19)31)11-15-6-8-16(33-4)9-7-15/h5-10,14,18-19,21,27,29H,11H2,1-4H3,(H,26,32)/p+1/t14-,18+,19+,21+,25+/m1/s1. The molecule has 8 nitrogen and oxygen atoms in total. The number of nitrogens with zero attached hydrogens (tertiary/aromatic N) is 1. The molecule has 3 aliphatic heterocycles. The summed E-state index contributed by atoms with van der Waals surface area (Å²) in [5, 5.41) is 15.3. The van der Waals surface area contributed by atoms with Gasteiger partial charge in [0.15, 0.2) is 0 Å². The van der Waals surface area contributed by atoms with Gasteiger partial charge in [0.2, 0.25) is 17.4 Å². The molecule has 2 aromatic carbocycles. The van der Waals surface area contributed by atoms with Crippen LogP contribution in [0.25, 0.3) is 0 Å². The van der Waals surface area contributed by atoms with Crippen molar-refractivity contribution < 1.29 is 29.5 Å². The zero-order chi connectivity index (χ0) is 23.7. The molecule has 2 fully saturated rings. The number of likely N-dealkylation sites (tertiary alicyclic amines) is 1. The number of carbonyl (C=O) groups is 3. The second-order valence-corrected chi connectivity index (χ2v) is 9.35. The Morgan fingerprint density at radius 2 is 1.82 bits per heavy atom. The van der Waals surface area contributed by atoms with Crippen molar-refractivity contribution in [1.82, 2.24) is 4.90 Å². The summed E-state index contributed by atoms with van der Waals surface area (Å²) in [7, 11) is 1.57. The Morgan fingerprint density at radius 1 is 1.12 bits per heavy atom. The van der Waals surface area contributed by atoms with E-state index in [1.807, 2.05) is 38.1 Å². The summed E-state index contributed by atoms with van der Waals surface area (Å²) in [5.74, 6) is -2.01. The highest BCUT2D eigenvalue weighted by Gasteiger charge is 2.74. The average molecular weight is 451 g/mol. The molecule has 0 unspecified atom stereocenters. The molecule has 172 valence electrons. The monoisotopic (exact) mass is 450 g/mol. The molecule has 0 saturated carbocycles. The number of aryl methyl sites for hydroxylation is 1. The van der Waals surface area contributed by atoms with E-state index in [-0.39, 0.29) is 24.3 Å². The van der Waals surface area contributed by atoms with Crippen LogP contribution in [-0.4, -0.2) is 47.0 Å². The SMILES string of the molecule is COc1ccc(CN2C(=O)[C@@H]3[C@H]([C@@H](C)O)[NH2+][C@]4(C(=O)Nc5c4ccc(C)c5C)[C@@H]3C2=O)cc1. The number of ether oxygens (including phenoxy) is 1. The van der Waals surface area contributed by atoms with E-state index in [0.29, 0.717) is 17.0 Å².